The van der Waals surface area contributed by atoms with Gasteiger partial charge >= 0.3 is 6.09 Å². The number of para-hydroxylation sites is 1. The van der Waals surface area contributed by atoms with E-state index < -0.39 is 11.0 Å². The number of hydrogen-bond donors (Lipinski definition) is 1. The van der Waals surface area contributed by atoms with E-state index >= 15 is 0 Å². The number of carbonyl (C=O) groups excluding carboxylic acids is 1. The number of hydrogen-bond acceptors (Lipinski definition) is 6. The van der Waals surface area contributed by atoms with E-state index in [1.54, 1.807) is 25.3 Å². The second-order valence-electron chi connectivity index (χ2n) is 6.87. The van der Waals surface area contributed by atoms with Crippen LogP contribution in [0.4, 0.5) is 4.79 Å². The summed E-state index contributed by atoms with van der Waals surface area (Å²) in [5.41, 5.74) is 1.14. The summed E-state index contributed by atoms with van der Waals surface area (Å²) in [5, 5.41) is -0.440. The number of rotatable bonds is 7. The van der Waals surface area contributed by atoms with Crippen molar-refractivity contribution >= 4 is 24.9 Å². The summed E-state index contributed by atoms with van der Waals surface area (Å²) in [6.45, 7) is 1.14. The van der Waals surface area contributed by atoms with E-state index in [0.29, 0.717) is 19.5 Å². The van der Waals surface area contributed by atoms with Crippen molar-refractivity contribution in [3.05, 3.63) is 65.7 Å². The topological polar surface area (TPSA) is 60.4 Å². The molecule has 1 heterocycles. The maximum atomic E-state index is 12.5. The van der Waals surface area contributed by atoms with Crippen molar-refractivity contribution < 1.29 is 19.0 Å². The van der Waals surface area contributed by atoms with Gasteiger partial charge in [-0.05, 0) is 24.1 Å². The smallest absolute Gasteiger partial charge is 0.410 e. The summed E-state index contributed by atoms with van der Waals surface area (Å²) in [6.07, 6.45) is 2.00. The molecule has 2 unspecified atom stereocenters. The van der Waals surface area contributed by atoms with Crippen LogP contribution in [0.3, 0.4) is 0 Å². The van der Waals surface area contributed by atoms with Crippen LogP contribution in [0.15, 0.2) is 59.6 Å². The van der Waals surface area contributed by atoms with E-state index in [0.717, 1.165) is 16.9 Å². The largest absolute Gasteiger partial charge is 0.496 e. The minimum absolute atomic E-state index is 0.242. The van der Waals surface area contributed by atoms with Gasteiger partial charge in [0.1, 0.15) is 23.3 Å². The molecule has 2 aromatic rings. The van der Waals surface area contributed by atoms with Gasteiger partial charge in [0.05, 0.1) is 13.7 Å². The lowest BCUT2D eigenvalue weighted by Crippen LogP contribution is -2.44. The Kier molecular flexibility index (Phi) is 7.17. The Bertz CT molecular complexity index is 846. The first-order valence-electron chi connectivity index (χ1n) is 9.43. The summed E-state index contributed by atoms with van der Waals surface area (Å²) < 4.78 is 16.6. The Labute approximate surface area is 176 Å². The lowest BCUT2D eigenvalue weighted by Gasteiger charge is -2.30. The van der Waals surface area contributed by atoms with E-state index in [4.69, 9.17) is 14.2 Å². The number of benzene rings is 2. The van der Waals surface area contributed by atoms with Crippen LogP contribution in [0.5, 0.6) is 5.75 Å². The Morgan fingerprint density at radius 1 is 1.21 bits per heavy atom. The van der Waals surface area contributed by atoms with Gasteiger partial charge in [-0.25, -0.2) is 4.79 Å². The molecule has 0 aromatic heterocycles. The molecule has 1 amide bonds. The fourth-order valence-corrected chi connectivity index (χ4v) is 3.70. The van der Waals surface area contributed by atoms with Crippen LogP contribution in [0.2, 0.25) is 0 Å². The standard InChI is InChI=1S/C22H26N2O4S/c1-26-19-11-7-6-10-18(19)14-23-20(29)22(27-2)12-13-24(16-22)21(25)28-15-17-8-4-3-5-9-17/h3-11,14,20,29H,12-13,15-16H2,1-2H3. The molecule has 1 fully saturated rings. The van der Waals surface area contributed by atoms with Crippen molar-refractivity contribution in [3.63, 3.8) is 0 Å². The summed E-state index contributed by atoms with van der Waals surface area (Å²) in [6, 6.07) is 17.2. The van der Waals surface area contributed by atoms with Crippen molar-refractivity contribution in [2.24, 2.45) is 4.99 Å². The van der Waals surface area contributed by atoms with Gasteiger partial charge in [-0.3, -0.25) is 4.99 Å². The molecule has 2 atom stereocenters. The molecule has 0 bridgehead atoms. The Morgan fingerprint density at radius 3 is 2.66 bits per heavy atom. The monoisotopic (exact) mass is 414 g/mol. The highest BCUT2D eigenvalue weighted by atomic mass is 32.1. The van der Waals surface area contributed by atoms with Crippen molar-refractivity contribution in [1.82, 2.24) is 4.90 Å². The lowest BCUT2D eigenvalue weighted by molar-refractivity contribution is -0.00175. The molecule has 29 heavy (non-hydrogen) atoms. The van der Waals surface area contributed by atoms with E-state index in [9.17, 15) is 4.79 Å². The van der Waals surface area contributed by atoms with Gasteiger partial charge in [-0.15, -0.1) is 12.6 Å². The first-order chi connectivity index (χ1) is 14.1. The summed E-state index contributed by atoms with van der Waals surface area (Å²) in [5.74, 6) is 0.737. The molecule has 0 aliphatic carbocycles. The van der Waals surface area contributed by atoms with Crippen molar-refractivity contribution in [1.29, 1.82) is 0 Å². The van der Waals surface area contributed by atoms with E-state index in [1.807, 2.05) is 54.6 Å². The van der Waals surface area contributed by atoms with Gasteiger partial charge in [0, 0.05) is 25.4 Å². The van der Waals surface area contributed by atoms with Crippen LogP contribution in [-0.4, -0.2) is 55.5 Å². The molecule has 0 saturated carbocycles. The molecule has 2 aromatic carbocycles. The first-order valence-corrected chi connectivity index (χ1v) is 9.94. The van der Waals surface area contributed by atoms with Crippen LogP contribution >= 0.6 is 12.6 Å². The average Bonchev–Trinajstić information content (AvgIpc) is 3.23. The van der Waals surface area contributed by atoms with Gasteiger partial charge in [-0.2, -0.15) is 0 Å². The maximum absolute atomic E-state index is 12.5. The van der Waals surface area contributed by atoms with Crippen LogP contribution in [0, 0.1) is 0 Å². The van der Waals surface area contributed by atoms with Crippen LogP contribution in [0.25, 0.3) is 0 Å². The van der Waals surface area contributed by atoms with Crippen LogP contribution < -0.4 is 4.74 Å². The predicted octanol–water partition coefficient (Wildman–Crippen LogP) is 3.80. The molecule has 7 heteroatoms. The third-order valence-corrected chi connectivity index (χ3v) is 5.70. The molecular formula is C22H26N2O4S. The molecule has 1 aliphatic rings. The highest BCUT2D eigenvalue weighted by molar-refractivity contribution is 7.81. The summed E-state index contributed by atoms with van der Waals surface area (Å²) in [7, 11) is 3.25. The Balaban J connectivity index is 1.62. The zero-order valence-electron chi connectivity index (χ0n) is 16.7. The highest BCUT2D eigenvalue weighted by Crippen LogP contribution is 2.33. The maximum Gasteiger partial charge on any atom is 0.410 e. The molecule has 1 saturated heterocycles. The highest BCUT2D eigenvalue weighted by Gasteiger charge is 2.45. The molecule has 0 N–H and O–H groups in total. The number of carbonyl (C=O) groups is 1. The second kappa shape index (κ2) is 9.80. The molecule has 1 aliphatic heterocycles. The number of aliphatic imine (C=N–C) groups is 1. The average molecular weight is 415 g/mol. The first kappa shape index (κ1) is 21.2. The third kappa shape index (κ3) is 5.10. The molecule has 3 rings (SSSR count). The fourth-order valence-electron chi connectivity index (χ4n) is 3.31. The zero-order chi connectivity index (χ0) is 20.7. The lowest BCUT2D eigenvalue weighted by atomic mass is 10.0. The number of thiol groups is 1. The third-order valence-electron chi connectivity index (χ3n) is 5.10. The van der Waals surface area contributed by atoms with Crippen molar-refractivity contribution in [2.75, 3.05) is 27.3 Å². The molecule has 154 valence electrons. The molecular weight excluding hydrogens is 388 g/mol. The van der Waals surface area contributed by atoms with Gasteiger partial charge in [0.2, 0.25) is 0 Å². The molecule has 0 spiro atoms. The van der Waals surface area contributed by atoms with Crippen molar-refractivity contribution in [3.8, 4) is 5.75 Å². The molecule has 0 radical (unpaired) electrons. The van der Waals surface area contributed by atoms with Gasteiger partial charge in [-0.1, -0.05) is 42.5 Å². The van der Waals surface area contributed by atoms with Crippen molar-refractivity contribution in [2.45, 2.75) is 24.0 Å². The van der Waals surface area contributed by atoms with Crippen LogP contribution in [-0.2, 0) is 16.1 Å². The van der Waals surface area contributed by atoms with Crippen LogP contribution in [0.1, 0.15) is 17.5 Å². The number of nitrogens with zero attached hydrogens (tertiary/aromatic N) is 2. The minimum Gasteiger partial charge on any atom is -0.496 e. The van der Waals surface area contributed by atoms with Gasteiger partial charge in [0.25, 0.3) is 0 Å². The number of methoxy groups -OCH3 is 2. The number of amides is 1. The van der Waals surface area contributed by atoms with Gasteiger partial charge in [0.15, 0.2) is 0 Å². The number of ether oxygens (including phenoxy) is 3. The normalized spacial score (nSPS) is 20.0. The Hall–Kier alpha value is -2.51. The SMILES string of the molecule is COc1ccccc1C=NC(S)C1(OC)CCN(C(=O)OCc2ccccc2)C1. The summed E-state index contributed by atoms with van der Waals surface area (Å²) >= 11 is 4.66. The summed E-state index contributed by atoms with van der Waals surface area (Å²) in [4.78, 5) is 18.7. The predicted molar refractivity (Wildman–Crippen MR) is 116 cm³/mol. The van der Waals surface area contributed by atoms with E-state index in [-0.39, 0.29) is 12.7 Å². The quantitative estimate of drug-likeness (QED) is 0.553. The Morgan fingerprint density at radius 2 is 1.93 bits per heavy atom. The second-order valence-corrected chi connectivity index (χ2v) is 7.36. The fraction of sp³-hybridized carbons (Fsp3) is 0.364. The van der Waals surface area contributed by atoms with E-state index in [2.05, 4.69) is 17.6 Å². The minimum atomic E-state index is -0.673. The van der Waals surface area contributed by atoms with E-state index in [1.165, 1.54) is 0 Å². The number of likely N-dealkylation sites (tertiary alicyclic amines) is 1. The zero-order valence-corrected chi connectivity index (χ0v) is 17.5. The van der Waals surface area contributed by atoms with Gasteiger partial charge < -0.3 is 19.1 Å². The molecule has 6 nitrogen and oxygen atoms in total.